The summed E-state index contributed by atoms with van der Waals surface area (Å²) in [5.41, 5.74) is -0.133. The minimum absolute atomic E-state index is 0.0912. The van der Waals surface area contributed by atoms with Crippen molar-refractivity contribution in [2.75, 3.05) is 13.1 Å². The first kappa shape index (κ1) is 14.5. The van der Waals surface area contributed by atoms with Crippen LogP contribution >= 0.6 is 0 Å². The molecule has 1 fully saturated rings. The highest BCUT2D eigenvalue weighted by Gasteiger charge is 2.43. The zero-order chi connectivity index (χ0) is 14.9. The molecule has 1 aliphatic rings. The number of hydrogen-bond donors (Lipinski definition) is 1. The van der Waals surface area contributed by atoms with E-state index in [-0.39, 0.29) is 30.2 Å². The van der Waals surface area contributed by atoms with Crippen molar-refractivity contribution in [3.63, 3.8) is 0 Å². The van der Waals surface area contributed by atoms with Gasteiger partial charge in [-0.25, -0.2) is 0 Å². The molecule has 6 nitrogen and oxygen atoms in total. The zero-order valence-corrected chi connectivity index (χ0v) is 11.6. The van der Waals surface area contributed by atoms with Gasteiger partial charge in [0.05, 0.1) is 23.6 Å². The van der Waals surface area contributed by atoms with E-state index in [0.717, 1.165) is 12.0 Å². The molecule has 20 heavy (non-hydrogen) atoms. The van der Waals surface area contributed by atoms with Crippen LogP contribution in [0.1, 0.15) is 35.7 Å². The van der Waals surface area contributed by atoms with Crippen LogP contribution in [0.5, 0.6) is 0 Å². The Balaban J connectivity index is 2.19. The van der Waals surface area contributed by atoms with Gasteiger partial charge in [-0.3, -0.25) is 14.9 Å². The van der Waals surface area contributed by atoms with E-state index >= 15 is 0 Å². The van der Waals surface area contributed by atoms with Crippen molar-refractivity contribution in [2.24, 2.45) is 0 Å². The van der Waals surface area contributed by atoms with Gasteiger partial charge in [0.1, 0.15) is 5.56 Å². The zero-order valence-electron chi connectivity index (χ0n) is 11.6. The lowest BCUT2D eigenvalue weighted by Gasteiger charge is -2.46. The molecule has 1 heterocycles. The van der Waals surface area contributed by atoms with Crippen LogP contribution in [0.15, 0.2) is 18.2 Å². The standard InChI is InChI=1S/C14H18N2O4/c1-3-6-14(18)8-15(9-14)13(17)11-7-10(2)4-5-12(11)16(19)20/h4-5,7,18H,3,6,8-9H2,1-2H3. The molecule has 0 unspecified atom stereocenters. The van der Waals surface area contributed by atoms with Crippen molar-refractivity contribution < 1.29 is 14.8 Å². The molecular formula is C14H18N2O4. The molecule has 0 radical (unpaired) electrons. The monoisotopic (exact) mass is 278 g/mol. The van der Waals surface area contributed by atoms with Crippen molar-refractivity contribution >= 4 is 11.6 Å². The summed E-state index contributed by atoms with van der Waals surface area (Å²) in [6.07, 6.45) is 1.47. The number of nitro groups is 1. The third kappa shape index (κ3) is 2.65. The third-order valence-corrected chi connectivity index (χ3v) is 3.55. The molecule has 0 aliphatic carbocycles. The Morgan fingerprint density at radius 1 is 1.50 bits per heavy atom. The van der Waals surface area contributed by atoms with Crippen molar-refractivity contribution in [3.05, 3.63) is 39.4 Å². The van der Waals surface area contributed by atoms with Gasteiger partial charge in [0, 0.05) is 6.07 Å². The summed E-state index contributed by atoms with van der Waals surface area (Å²) >= 11 is 0. The van der Waals surface area contributed by atoms with Gasteiger partial charge in [-0.05, 0) is 25.0 Å². The number of hydrogen-bond acceptors (Lipinski definition) is 4. The van der Waals surface area contributed by atoms with E-state index in [4.69, 9.17) is 0 Å². The largest absolute Gasteiger partial charge is 0.386 e. The predicted octanol–water partition coefficient (Wildman–Crippen LogP) is 1.89. The van der Waals surface area contributed by atoms with E-state index in [1.165, 1.54) is 17.0 Å². The maximum absolute atomic E-state index is 12.3. The SMILES string of the molecule is CCCC1(O)CN(C(=O)c2cc(C)ccc2[N+](=O)[O-])C1. The summed E-state index contributed by atoms with van der Waals surface area (Å²) < 4.78 is 0. The molecule has 0 bridgehead atoms. The maximum Gasteiger partial charge on any atom is 0.282 e. The van der Waals surface area contributed by atoms with Crippen LogP contribution in [0.4, 0.5) is 5.69 Å². The molecule has 0 spiro atoms. The van der Waals surface area contributed by atoms with Gasteiger partial charge >= 0.3 is 0 Å². The number of amides is 1. The molecule has 0 saturated carbocycles. The van der Waals surface area contributed by atoms with E-state index in [2.05, 4.69) is 0 Å². The lowest BCUT2D eigenvalue weighted by atomic mass is 9.88. The lowest BCUT2D eigenvalue weighted by Crippen LogP contribution is -2.63. The van der Waals surface area contributed by atoms with Crippen molar-refractivity contribution in [2.45, 2.75) is 32.3 Å². The average molecular weight is 278 g/mol. The average Bonchev–Trinajstić information content (AvgIpc) is 2.34. The Bertz CT molecular complexity index is 550. The minimum Gasteiger partial charge on any atom is -0.386 e. The summed E-state index contributed by atoms with van der Waals surface area (Å²) in [5, 5.41) is 21.1. The van der Waals surface area contributed by atoms with E-state index < -0.39 is 10.5 Å². The molecule has 6 heteroatoms. The molecule has 1 aliphatic heterocycles. The second-order valence-corrected chi connectivity index (χ2v) is 5.41. The van der Waals surface area contributed by atoms with Crippen LogP contribution in [-0.2, 0) is 0 Å². The lowest BCUT2D eigenvalue weighted by molar-refractivity contribution is -0.385. The van der Waals surface area contributed by atoms with E-state index in [0.29, 0.717) is 6.42 Å². The fourth-order valence-corrected chi connectivity index (χ4v) is 2.58. The van der Waals surface area contributed by atoms with Crippen LogP contribution < -0.4 is 0 Å². The molecule has 0 atom stereocenters. The second-order valence-electron chi connectivity index (χ2n) is 5.41. The van der Waals surface area contributed by atoms with Crippen molar-refractivity contribution in [3.8, 4) is 0 Å². The number of nitro benzene ring substituents is 1. The van der Waals surface area contributed by atoms with Crippen LogP contribution in [0.2, 0.25) is 0 Å². The van der Waals surface area contributed by atoms with Gasteiger partial charge in [0.2, 0.25) is 0 Å². The van der Waals surface area contributed by atoms with Crippen molar-refractivity contribution in [1.29, 1.82) is 0 Å². The van der Waals surface area contributed by atoms with Crippen LogP contribution in [0.25, 0.3) is 0 Å². The van der Waals surface area contributed by atoms with Gasteiger partial charge < -0.3 is 10.0 Å². The number of nitrogens with zero attached hydrogens (tertiary/aromatic N) is 2. The van der Waals surface area contributed by atoms with Gasteiger partial charge in [0.25, 0.3) is 11.6 Å². The molecule has 1 amide bonds. The van der Waals surface area contributed by atoms with E-state index in [1.807, 2.05) is 6.92 Å². The predicted molar refractivity (Wildman–Crippen MR) is 73.6 cm³/mol. The molecule has 1 saturated heterocycles. The molecular weight excluding hydrogens is 260 g/mol. The van der Waals surface area contributed by atoms with Gasteiger partial charge in [0.15, 0.2) is 0 Å². The maximum atomic E-state index is 12.3. The quantitative estimate of drug-likeness (QED) is 0.673. The number of aryl methyl sites for hydroxylation is 1. The Hall–Kier alpha value is -1.95. The minimum atomic E-state index is -0.830. The topological polar surface area (TPSA) is 83.7 Å². The van der Waals surface area contributed by atoms with Crippen molar-refractivity contribution in [1.82, 2.24) is 4.90 Å². The van der Waals surface area contributed by atoms with Crippen LogP contribution in [0.3, 0.4) is 0 Å². The first-order valence-electron chi connectivity index (χ1n) is 6.63. The summed E-state index contributed by atoms with van der Waals surface area (Å²) in [7, 11) is 0. The fourth-order valence-electron chi connectivity index (χ4n) is 2.58. The summed E-state index contributed by atoms with van der Waals surface area (Å²) in [6.45, 7) is 4.23. The van der Waals surface area contributed by atoms with Gasteiger partial charge in [-0.1, -0.05) is 19.4 Å². The van der Waals surface area contributed by atoms with E-state index in [1.54, 1.807) is 13.0 Å². The number of likely N-dealkylation sites (tertiary alicyclic amines) is 1. The number of carbonyl (C=O) groups excluding carboxylic acids is 1. The van der Waals surface area contributed by atoms with E-state index in [9.17, 15) is 20.0 Å². The van der Waals surface area contributed by atoms with Crippen LogP contribution in [0, 0.1) is 17.0 Å². The Kier molecular flexibility index (Phi) is 3.76. The molecule has 2 rings (SSSR count). The molecule has 1 aromatic carbocycles. The molecule has 1 aromatic rings. The highest BCUT2D eigenvalue weighted by molar-refractivity contribution is 5.99. The summed E-state index contributed by atoms with van der Waals surface area (Å²) in [4.78, 5) is 24.2. The number of aliphatic hydroxyl groups is 1. The molecule has 1 N–H and O–H groups in total. The molecule has 108 valence electrons. The second kappa shape index (κ2) is 5.20. The van der Waals surface area contributed by atoms with Crippen LogP contribution in [-0.4, -0.2) is 39.5 Å². The fraction of sp³-hybridized carbons (Fsp3) is 0.500. The highest BCUT2D eigenvalue weighted by atomic mass is 16.6. The first-order valence-corrected chi connectivity index (χ1v) is 6.63. The Morgan fingerprint density at radius 2 is 2.15 bits per heavy atom. The summed E-state index contributed by atoms with van der Waals surface area (Å²) in [6, 6.07) is 4.48. The number of benzene rings is 1. The first-order chi connectivity index (χ1) is 9.36. The van der Waals surface area contributed by atoms with Gasteiger partial charge in [-0.2, -0.15) is 0 Å². The Labute approximate surface area is 117 Å². The summed E-state index contributed by atoms with van der Waals surface area (Å²) in [5.74, 6) is -0.388. The number of carbonyl (C=O) groups is 1. The Morgan fingerprint density at radius 3 is 2.70 bits per heavy atom. The molecule has 0 aromatic heterocycles. The third-order valence-electron chi connectivity index (χ3n) is 3.55. The smallest absolute Gasteiger partial charge is 0.282 e. The number of rotatable bonds is 4. The van der Waals surface area contributed by atoms with Gasteiger partial charge in [-0.15, -0.1) is 0 Å². The normalized spacial score (nSPS) is 16.6. The highest BCUT2D eigenvalue weighted by Crippen LogP contribution is 2.29. The number of β-amino-alcohol motifs (C(OH)–C–C–N with tert-alkyl or cyclic N) is 1.